The molecule has 242 valence electrons. The Labute approximate surface area is 276 Å². The fraction of sp³-hybridized carbons (Fsp3) is 0.351. The van der Waals surface area contributed by atoms with Crippen molar-refractivity contribution in [2.75, 3.05) is 38.1 Å². The van der Waals surface area contributed by atoms with Crippen molar-refractivity contribution in [3.8, 4) is 0 Å². The molecule has 5 rings (SSSR count). The Morgan fingerprint density at radius 2 is 1.41 bits per heavy atom. The standard InChI is InChI=1S/C27H32N4O2S.C10H12O2/c1-19-10-11-20(2)23(16-19)17-25(32)30-12-14-31(15-13-30)27-28-18-24(34-27)26(33)29(4)21(3)22-8-6-5-7-9-22;1-7-3-4-8(2)9(5-7)6-10(11)12/h5-11,16,18,21H,12-15,17H2,1-4H3;3-5H,6H2,1-2H3,(H,11,12)/t21-;/m1./s1. The number of benzene rings is 3. The second-order valence-electron chi connectivity index (χ2n) is 12.0. The van der Waals surface area contributed by atoms with Crippen LogP contribution in [0.1, 0.15) is 61.6 Å². The minimum atomic E-state index is -0.774. The van der Waals surface area contributed by atoms with Crippen molar-refractivity contribution in [2.45, 2.75) is 53.5 Å². The number of piperazine rings is 1. The van der Waals surface area contributed by atoms with Crippen LogP contribution in [0.4, 0.5) is 5.13 Å². The minimum absolute atomic E-state index is 0.0224. The van der Waals surface area contributed by atoms with E-state index in [9.17, 15) is 14.4 Å². The molecule has 9 heteroatoms. The van der Waals surface area contributed by atoms with Crippen molar-refractivity contribution < 1.29 is 19.5 Å². The molecule has 8 nitrogen and oxygen atoms in total. The third-order valence-corrected chi connectivity index (χ3v) is 9.53. The van der Waals surface area contributed by atoms with E-state index in [-0.39, 0.29) is 24.3 Å². The van der Waals surface area contributed by atoms with E-state index < -0.39 is 5.97 Å². The number of carboxylic acids is 1. The van der Waals surface area contributed by atoms with Crippen LogP contribution in [0, 0.1) is 27.7 Å². The van der Waals surface area contributed by atoms with E-state index in [0.717, 1.165) is 51.6 Å². The van der Waals surface area contributed by atoms with Crippen LogP contribution in [0.3, 0.4) is 0 Å². The molecule has 46 heavy (non-hydrogen) atoms. The van der Waals surface area contributed by atoms with Gasteiger partial charge in [-0.1, -0.05) is 89.2 Å². The SMILES string of the molecule is Cc1ccc(C)c(CC(=O)N2CCN(c3ncc(C(=O)N(C)[C@H](C)c4ccccc4)s3)CC2)c1.Cc1ccc(C)c(CC(=O)O)c1. The maximum atomic E-state index is 13.0. The van der Waals surface area contributed by atoms with Crippen molar-refractivity contribution in [3.63, 3.8) is 0 Å². The molecular weight excluding hydrogens is 596 g/mol. The number of carbonyl (C=O) groups excluding carboxylic acids is 2. The number of hydrogen-bond acceptors (Lipinski definition) is 6. The van der Waals surface area contributed by atoms with Gasteiger partial charge in [0.1, 0.15) is 4.88 Å². The molecule has 0 saturated carbocycles. The van der Waals surface area contributed by atoms with Gasteiger partial charge in [-0.05, 0) is 62.4 Å². The number of aromatic nitrogens is 1. The van der Waals surface area contributed by atoms with Crippen molar-refractivity contribution in [2.24, 2.45) is 0 Å². The molecule has 1 fully saturated rings. The highest BCUT2D eigenvalue weighted by atomic mass is 32.1. The van der Waals surface area contributed by atoms with Crippen LogP contribution in [0.15, 0.2) is 72.9 Å². The van der Waals surface area contributed by atoms with Crippen molar-refractivity contribution in [1.82, 2.24) is 14.8 Å². The number of aliphatic carboxylic acids is 1. The van der Waals surface area contributed by atoms with Gasteiger partial charge >= 0.3 is 5.97 Å². The number of amides is 2. The van der Waals surface area contributed by atoms with Crippen LogP contribution >= 0.6 is 11.3 Å². The van der Waals surface area contributed by atoms with E-state index in [2.05, 4.69) is 41.9 Å². The number of aryl methyl sites for hydroxylation is 4. The monoisotopic (exact) mass is 640 g/mol. The van der Waals surface area contributed by atoms with Gasteiger partial charge in [-0.3, -0.25) is 14.4 Å². The summed E-state index contributed by atoms with van der Waals surface area (Å²) in [6.07, 6.45) is 2.23. The topological polar surface area (TPSA) is 94.1 Å². The van der Waals surface area contributed by atoms with Crippen molar-refractivity contribution in [3.05, 3.63) is 117 Å². The van der Waals surface area contributed by atoms with Gasteiger partial charge in [0.2, 0.25) is 5.91 Å². The molecule has 1 N–H and O–H groups in total. The van der Waals surface area contributed by atoms with Crippen molar-refractivity contribution >= 4 is 34.3 Å². The van der Waals surface area contributed by atoms with E-state index in [1.165, 1.54) is 16.9 Å². The number of carboxylic acid groups (broad SMARTS) is 1. The van der Waals surface area contributed by atoms with E-state index in [4.69, 9.17) is 5.11 Å². The van der Waals surface area contributed by atoms with Gasteiger partial charge in [0.05, 0.1) is 25.1 Å². The largest absolute Gasteiger partial charge is 0.481 e. The summed E-state index contributed by atoms with van der Waals surface area (Å²) in [6, 6.07) is 22.1. The fourth-order valence-electron chi connectivity index (χ4n) is 5.38. The Bertz CT molecular complexity index is 1660. The third kappa shape index (κ3) is 9.03. The predicted molar refractivity (Wildman–Crippen MR) is 185 cm³/mol. The summed E-state index contributed by atoms with van der Waals surface area (Å²) in [4.78, 5) is 47.4. The first-order valence-electron chi connectivity index (χ1n) is 15.6. The van der Waals surface area contributed by atoms with Crippen LogP contribution < -0.4 is 4.90 Å². The Morgan fingerprint density at radius 3 is 1.98 bits per heavy atom. The summed E-state index contributed by atoms with van der Waals surface area (Å²) >= 11 is 1.42. The summed E-state index contributed by atoms with van der Waals surface area (Å²) in [6.45, 7) is 12.8. The van der Waals surface area contributed by atoms with Gasteiger partial charge in [0.15, 0.2) is 5.13 Å². The van der Waals surface area contributed by atoms with Gasteiger partial charge in [-0.15, -0.1) is 0 Å². The van der Waals surface area contributed by atoms with Gasteiger partial charge in [-0.25, -0.2) is 4.98 Å². The molecule has 3 aromatic carbocycles. The lowest BCUT2D eigenvalue weighted by Crippen LogP contribution is -2.49. The summed E-state index contributed by atoms with van der Waals surface area (Å²) in [5, 5.41) is 9.42. The van der Waals surface area contributed by atoms with E-state index in [1.54, 1.807) is 11.1 Å². The Hall–Kier alpha value is -4.50. The highest BCUT2D eigenvalue weighted by molar-refractivity contribution is 7.17. The molecular formula is C37H44N4O4S. The van der Waals surface area contributed by atoms with E-state index in [1.807, 2.05) is 81.2 Å². The number of thiazole rings is 1. The zero-order chi connectivity index (χ0) is 33.4. The molecule has 2 amide bonds. The average Bonchev–Trinajstić information content (AvgIpc) is 3.54. The first-order valence-corrected chi connectivity index (χ1v) is 16.4. The van der Waals surface area contributed by atoms with Crippen LogP contribution in [0.5, 0.6) is 0 Å². The first kappa shape index (κ1) is 34.4. The van der Waals surface area contributed by atoms with Gasteiger partial charge in [-0.2, -0.15) is 0 Å². The lowest BCUT2D eigenvalue weighted by atomic mass is 10.0. The second kappa shape index (κ2) is 15.7. The fourth-order valence-corrected chi connectivity index (χ4v) is 6.33. The summed E-state index contributed by atoms with van der Waals surface area (Å²) in [5.41, 5.74) is 7.59. The molecule has 2 heterocycles. The minimum Gasteiger partial charge on any atom is -0.481 e. The Balaban J connectivity index is 0.000000337. The zero-order valence-corrected chi connectivity index (χ0v) is 28.4. The molecule has 1 aliphatic rings. The molecule has 0 aliphatic carbocycles. The molecule has 1 aliphatic heterocycles. The predicted octanol–water partition coefficient (Wildman–Crippen LogP) is 6.41. The maximum Gasteiger partial charge on any atom is 0.307 e. The Kier molecular flexibility index (Phi) is 11.7. The van der Waals surface area contributed by atoms with Gasteiger partial charge < -0.3 is 19.8 Å². The number of carbonyl (C=O) groups is 3. The lowest BCUT2D eigenvalue weighted by Gasteiger charge is -2.34. The normalized spacial score (nSPS) is 13.4. The quantitative estimate of drug-likeness (QED) is 0.239. The van der Waals surface area contributed by atoms with E-state index >= 15 is 0 Å². The van der Waals surface area contributed by atoms with Gasteiger partial charge in [0.25, 0.3) is 5.91 Å². The summed E-state index contributed by atoms with van der Waals surface area (Å²) < 4.78 is 0. The number of anilines is 1. The molecule has 1 atom stereocenters. The first-order chi connectivity index (χ1) is 21.9. The molecule has 1 saturated heterocycles. The average molecular weight is 641 g/mol. The van der Waals surface area contributed by atoms with Crippen molar-refractivity contribution in [1.29, 1.82) is 0 Å². The summed E-state index contributed by atoms with van der Waals surface area (Å²) in [5.74, 6) is -0.633. The van der Waals surface area contributed by atoms with Crippen LogP contribution in [-0.4, -0.2) is 70.9 Å². The Morgan fingerprint density at radius 1 is 0.848 bits per heavy atom. The number of hydrogen-bond donors (Lipinski definition) is 1. The molecule has 0 unspecified atom stereocenters. The molecule has 4 aromatic rings. The second-order valence-corrected chi connectivity index (χ2v) is 13.0. The highest BCUT2D eigenvalue weighted by Crippen LogP contribution is 2.27. The number of rotatable bonds is 8. The summed E-state index contributed by atoms with van der Waals surface area (Å²) in [7, 11) is 1.83. The molecule has 0 radical (unpaired) electrons. The van der Waals surface area contributed by atoms with Gasteiger partial charge in [0, 0.05) is 33.2 Å². The lowest BCUT2D eigenvalue weighted by molar-refractivity contribution is -0.136. The maximum absolute atomic E-state index is 13.0. The molecule has 0 bridgehead atoms. The highest BCUT2D eigenvalue weighted by Gasteiger charge is 2.26. The van der Waals surface area contributed by atoms with Crippen LogP contribution in [-0.2, 0) is 22.4 Å². The smallest absolute Gasteiger partial charge is 0.307 e. The van der Waals surface area contributed by atoms with E-state index in [0.29, 0.717) is 24.4 Å². The van der Waals surface area contributed by atoms with Crippen LogP contribution in [0.2, 0.25) is 0 Å². The number of nitrogens with zero attached hydrogens (tertiary/aromatic N) is 4. The third-order valence-electron chi connectivity index (χ3n) is 8.48. The molecule has 0 spiro atoms. The zero-order valence-electron chi connectivity index (χ0n) is 27.6. The molecule has 1 aromatic heterocycles. The van der Waals surface area contributed by atoms with Crippen LogP contribution in [0.25, 0.3) is 0 Å².